The van der Waals surface area contributed by atoms with Crippen LogP contribution in [0.15, 0.2) is 36.4 Å². The lowest BCUT2D eigenvalue weighted by Crippen LogP contribution is -2.20. The van der Waals surface area contributed by atoms with Crippen LogP contribution >= 0.6 is 0 Å². The third-order valence-corrected chi connectivity index (χ3v) is 4.19. The number of carbonyl (C=O) groups is 2. The van der Waals surface area contributed by atoms with Gasteiger partial charge in [-0.25, -0.2) is 4.79 Å². The number of amides is 1. The molecule has 1 N–H and O–H groups in total. The fourth-order valence-electron chi connectivity index (χ4n) is 2.76. The molecule has 0 bridgehead atoms. The van der Waals surface area contributed by atoms with Crippen LogP contribution in [0, 0.1) is 0 Å². The standard InChI is InChI=1S/C23H27NO8/c1-6-31-17-9-7-15(11-18(17)27-2)8-10-22(26)32-14-21(25)24-16-12-19(28-3)23(30-5)20(13-16)29-4/h7-13H,6,14H2,1-5H3,(H,24,25)/b10-8+. The Morgan fingerprint density at radius 3 is 2.09 bits per heavy atom. The van der Waals surface area contributed by atoms with E-state index in [1.165, 1.54) is 34.5 Å². The molecule has 0 unspecified atom stereocenters. The molecule has 0 spiro atoms. The van der Waals surface area contributed by atoms with Crippen LogP contribution in [0.4, 0.5) is 5.69 Å². The number of anilines is 1. The highest BCUT2D eigenvalue weighted by atomic mass is 16.5. The number of benzene rings is 2. The van der Waals surface area contributed by atoms with Crippen molar-refractivity contribution in [2.75, 3.05) is 47.0 Å². The monoisotopic (exact) mass is 445 g/mol. The molecule has 0 saturated heterocycles. The van der Waals surface area contributed by atoms with Gasteiger partial charge in [0, 0.05) is 23.9 Å². The van der Waals surface area contributed by atoms with Crippen molar-refractivity contribution in [1.82, 2.24) is 0 Å². The molecular formula is C23H27NO8. The highest BCUT2D eigenvalue weighted by Crippen LogP contribution is 2.39. The third-order valence-electron chi connectivity index (χ3n) is 4.19. The van der Waals surface area contributed by atoms with E-state index in [1.54, 1.807) is 36.4 Å². The number of ether oxygens (including phenoxy) is 6. The number of methoxy groups -OCH3 is 4. The molecule has 0 atom stereocenters. The first kappa shape index (κ1) is 24.4. The molecule has 0 radical (unpaired) electrons. The summed E-state index contributed by atoms with van der Waals surface area (Å²) in [5, 5.41) is 2.62. The van der Waals surface area contributed by atoms with Gasteiger partial charge in [-0.05, 0) is 30.7 Å². The second-order valence-electron chi connectivity index (χ2n) is 6.25. The highest BCUT2D eigenvalue weighted by molar-refractivity contribution is 5.95. The zero-order valence-corrected chi connectivity index (χ0v) is 18.7. The van der Waals surface area contributed by atoms with E-state index < -0.39 is 18.5 Å². The van der Waals surface area contributed by atoms with Gasteiger partial charge in [0.15, 0.2) is 29.6 Å². The summed E-state index contributed by atoms with van der Waals surface area (Å²) in [5.74, 6) is 1.13. The third kappa shape index (κ3) is 6.56. The molecule has 0 fully saturated rings. The summed E-state index contributed by atoms with van der Waals surface area (Å²) >= 11 is 0. The Balaban J connectivity index is 1.95. The molecule has 2 aromatic carbocycles. The summed E-state index contributed by atoms with van der Waals surface area (Å²) in [5.41, 5.74) is 1.11. The van der Waals surface area contributed by atoms with Crippen molar-refractivity contribution in [1.29, 1.82) is 0 Å². The predicted octanol–water partition coefficient (Wildman–Crippen LogP) is 3.31. The van der Waals surface area contributed by atoms with Crippen LogP contribution in [-0.4, -0.2) is 53.5 Å². The van der Waals surface area contributed by atoms with E-state index in [0.717, 1.165) is 0 Å². The Morgan fingerprint density at radius 2 is 1.53 bits per heavy atom. The highest BCUT2D eigenvalue weighted by Gasteiger charge is 2.15. The van der Waals surface area contributed by atoms with E-state index in [-0.39, 0.29) is 0 Å². The lowest BCUT2D eigenvalue weighted by atomic mass is 10.2. The smallest absolute Gasteiger partial charge is 0.331 e. The molecule has 32 heavy (non-hydrogen) atoms. The molecule has 172 valence electrons. The van der Waals surface area contributed by atoms with E-state index >= 15 is 0 Å². The van der Waals surface area contributed by atoms with Gasteiger partial charge in [0.2, 0.25) is 5.75 Å². The number of hydrogen-bond acceptors (Lipinski definition) is 8. The lowest BCUT2D eigenvalue weighted by molar-refractivity contribution is -0.142. The maximum Gasteiger partial charge on any atom is 0.331 e. The van der Waals surface area contributed by atoms with Crippen LogP contribution in [0.2, 0.25) is 0 Å². The first-order valence-electron chi connectivity index (χ1n) is 9.71. The summed E-state index contributed by atoms with van der Waals surface area (Å²) in [4.78, 5) is 24.2. The average molecular weight is 445 g/mol. The molecule has 1 amide bonds. The molecule has 0 aliphatic rings. The fourth-order valence-corrected chi connectivity index (χ4v) is 2.76. The SMILES string of the molecule is CCOc1ccc(/C=C/C(=O)OCC(=O)Nc2cc(OC)c(OC)c(OC)c2)cc1OC. The number of hydrogen-bond donors (Lipinski definition) is 1. The van der Waals surface area contributed by atoms with Crippen LogP contribution in [-0.2, 0) is 14.3 Å². The summed E-state index contributed by atoms with van der Waals surface area (Å²) < 4.78 is 31.4. The van der Waals surface area contributed by atoms with Gasteiger partial charge in [0.25, 0.3) is 5.91 Å². The van der Waals surface area contributed by atoms with E-state index in [9.17, 15) is 9.59 Å². The van der Waals surface area contributed by atoms with Crippen LogP contribution in [0.25, 0.3) is 6.08 Å². The van der Waals surface area contributed by atoms with Gasteiger partial charge < -0.3 is 33.7 Å². The minimum absolute atomic E-state index is 0.382. The predicted molar refractivity (Wildman–Crippen MR) is 119 cm³/mol. The summed E-state index contributed by atoms with van der Waals surface area (Å²) in [6.45, 7) is 1.92. The fraction of sp³-hybridized carbons (Fsp3) is 0.304. The van der Waals surface area contributed by atoms with Crippen LogP contribution in [0.3, 0.4) is 0 Å². The van der Waals surface area contributed by atoms with Crippen molar-refractivity contribution >= 4 is 23.6 Å². The number of carbonyl (C=O) groups excluding carboxylic acids is 2. The molecule has 9 nitrogen and oxygen atoms in total. The quantitative estimate of drug-likeness (QED) is 0.415. The van der Waals surface area contributed by atoms with Gasteiger partial charge in [-0.3, -0.25) is 4.79 Å². The van der Waals surface area contributed by atoms with Crippen molar-refractivity contribution in [3.05, 3.63) is 42.0 Å². The van der Waals surface area contributed by atoms with Crippen LogP contribution < -0.4 is 29.0 Å². The Hall–Kier alpha value is -3.88. The van der Waals surface area contributed by atoms with Gasteiger partial charge in [0.1, 0.15) is 0 Å². The molecule has 0 saturated carbocycles. The summed E-state index contributed by atoms with van der Waals surface area (Å²) in [6, 6.07) is 8.39. The maximum atomic E-state index is 12.2. The molecule has 0 heterocycles. The molecule has 0 aliphatic carbocycles. The second-order valence-corrected chi connectivity index (χ2v) is 6.25. The van der Waals surface area contributed by atoms with Gasteiger partial charge in [-0.2, -0.15) is 0 Å². The molecule has 9 heteroatoms. The van der Waals surface area contributed by atoms with E-state index in [0.29, 0.717) is 46.6 Å². The average Bonchev–Trinajstić information content (AvgIpc) is 2.81. The Kier molecular flexibility index (Phi) is 9.22. The van der Waals surface area contributed by atoms with Crippen molar-refractivity contribution < 1.29 is 38.0 Å². The van der Waals surface area contributed by atoms with E-state index in [2.05, 4.69) is 5.32 Å². The zero-order valence-electron chi connectivity index (χ0n) is 18.7. The van der Waals surface area contributed by atoms with Crippen LogP contribution in [0.1, 0.15) is 12.5 Å². The lowest BCUT2D eigenvalue weighted by Gasteiger charge is -2.14. The second kappa shape index (κ2) is 12.1. The normalized spacial score (nSPS) is 10.4. The molecule has 2 rings (SSSR count). The van der Waals surface area contributed by atoms with Gasteiger partial charge in [-0.1, -0.05) is 6.07 Å². The number of esters is 1. The molecule has 2 aromatic rings. The minimum Gasteiger partial charge on any atom is -0.493 e. The van der Waals surface area contributed by atoms with E-state index in [4.69, 9.17) is 28.4 Å². The molecule has 0 aliphatic heterocycles. The van der Waals surface area contributed by atoms with Gasteiger partial charge in [-0.15, -0.1) is 0 Å². The Bertz CT molecular complexity index is 945. The first-order chi connectivity index (χ1) is 15.4. The Labute approximate surface area is 186 Å². The number of nitrogens with one attached hydrogen (secondary N) is 1. The summed E-state index contributed by atoms with van der Waals surface area (Å²) in [7, 11) is 5.95. The van der Waals surface area contributed by atoms with Crippen LogP contribution in [0.5, 0.6) is 28.7 Å². The molecule has 0 aromatic heterocycles. The summed E-state index contributed by atoms with van der Waals surface area (Å²) in [6.07, 6.45) is 2.78. The van der Waals surface area contributed by atoms with Crippen molar-refractivity contribution in [2.24, 2.45) is 0 Å². The molecular weight excluding hydrogens is 418 g/mol. The minimum atomic E-state index is -0.669. The van der Waals surface area contributed by atoms with Crippen molar-refractivity contribution in [2.45, 2.75) is 6.92 Å². The maximum absolute atomic E-state index is 12.2. The van der Waals surface area contributed by atoms with Gasteiger partial charge >= 0.3 is 5.97 Å². The number of rotatable bonds is 11. The van der Waals surface area contributed by atoms with E-state index in [1.807, 2.05) is 6.92 Å². The van der Waals surface area contributed by atoms with Gasteiger partial charge in [0.05, 0.1) is 35.0 Å². The van der Waals surface area contributed by atoms with Crippen molar-refractivity contribution in [3.8, 4) is 28.7 Å². The largest absolute Gasteiger partial charge is 0.493 e. The van der Waals surface area contributed by atoms with Crippen molar-refractivity contribution in [3.63, 3.8) is 0 Å². The topological polar surface area (TPSA) is 102 Å². The zero-order chi connectivity index (χ0) is 23.5. The Morgan fingerprint density at radius 1 is 0.875 bits per heavy atom. The first-order valence-corrected chi connectivity index (χ1v) is 9.71.